The van der Waals surface area contributed by atoms with E-state index in [0.29, 0.717) is 0 Å². The maximum absolute atomic E-state index is 5.48. The van der Waals surface area contributed by atoms with Crippen LogP contribution in [0, 0.1) is 0 Å². The van der Waals surface area contributed by atoms with Gasteiger partial charge in [-0.05, 0) is 50.0 Å². The molecule has 2 fully saturated rings. The number of ether oxygens (including phenoxy) is 1. The second kappa shape index (κ2) is 9.45. The molecule has 2 aliphatic rings. The number of morpholine rings is 1. The predicted octanol–water partition coefficient (Wildman–Crippen LogP) is 3.83. The largest absolute Gasteiger partial charge is 0.379 e. The Balaban J connectivity index is 1.34. The molecule has 2 aliphatic heterocycles. The molecular weight excluding hydrogens is 334 g/mol. The molecule has 4 nitrogen and oxygen atoms in total. The summed E-state index contributed by atoms with van der Waals surface area (Å²) in [7, 11) is 0. The van der Waals surface area contributed by atoms with Gasteiger partial charge in [0.25, 0.3) is 0 Å². The Morgan fingerprint density at radius 2 is 1.81 bits per heavy atom. The van der Waals surface area contributed by atoms with Crippen molar-refractivity contribution >= 4 is 0 Å². The molecular formula is C23H31N3O. The van der Waals surface area contributed by atoms with Crippen LogP contribution in [-0.2, 0) is 11.3 Å². The molecule has 0 spiro atoms. The number of aromatic nitrogens is 1. The van der Waals surface area contributed by atoms with Crippen molar-refractivity contribution in [3.63, 3.8) is 0 Å². The van der Waals surface area contributed by atoms with E-state index >= 15 is 0 Å². The number of rotatable bonds is 6. The lowest BCUT2D eigenvalue weighted by atomic mass is 9.98. The molecule has 3 heterocycles. The summed E-state index contributed by atoms with van der Waals surface area (Å²) in [5.74, 6) is 0. The molecule has 2 aromatic rings. The van der Waals surface area contributed by atoms with Crippen LogP contribution >= 0.6 is 0 Å². The Hall–Kier alpha value is -1.75. The number of piperidine rings is 1. The van der Waals surface area contributed by atoms with Gasteiger partial charge in [-0.25, -0.2) is 0 Å². The first kappa shape index (κ1) is 18.6. The summed E-state index contributed by atoms with van der Waals surface area (Å²) in [6, 6.07) is 15.8. The molecule has 0 saturated carbocycles. The average Bonchev–Trinajstić information content (AvgIpc) is 2.75. The molecule has 2 saturated heterocycles. The van der Waals surface area contributed by atoms with E-state index in [1.165, 1.54) is 49.9 Å². The highest BCUT2D eigenvalue weighted by Gasteiger charge is 2.23. The molecule has 0 N–H and O–H groups in total. The van der Waals surface area contributed by atoms with E-state index in [-0.39, 0.29) is 0 Å². The maximum Gasteiger partial charge on any atom is 0.0701 e. The summed E-state index contributed by atoms with van der Waals surface area (Å²) < 4.78 is 5.48. The first-order valence-corrected chi connectivity index (χ1v) is 10.4. The van der Waals surface area contributed by atoms with E-state index in [9.17, 15) is 0 Å². The van der Waals surface area contributed by atoms with Crippen LogP contribution in [0.5, 0.6) is 0 Å². The van der Waals surface area contributed by atoms with E-state index in [4.69, 9.17) is 4.74 Å². The zero-order valence-corrected chi connectivity index (χ0v) is 16.2. The molecule has 1 atom stereocenters. The highest BCUT2D eigenvalue weighted by atomic mass is 16.5. The Bertz CT molecular complexity index is 683. The third kappa shape index (κ3) is 5.16. The highest BCUT2D eigenvalue weighted by molar-refractivity contribution is 5.58. The number of hydrogen-bond donors (Lipinski definition) is 0. The average molecular weight is 366 g/mol. The van der Waals surface area contributed by atoms with Crippen LogP contribution in [0.25, 0.3) is 11.3 Å². The summed E-state index contributed by atoms with van der Waals surface area (Å²) in [5.41, 5.74) is 3.65. The Labute approximate surface area is 163 Å². The van der Waals surface area contributed by atoms with Crippen LogP contribution in [-0.4, -0.2) is 60.2 Å². The topological polar surface area (TPSA) is 28.6 Å². The zero-order chi connectivity index (χ0) is 18.3. The second-order valence-corrected chi connectivity index (χ2v) is 7.77. The Morgan fingerprint density at radius 1 is 0.963 bits per heavy atom. The van der Waals surface area contributed by atoms with Gasteiger partial charge in [-0.2, -0.15) is 0 Å². The molecule has 0 amide bonds. The fraction of sp³-hybridized carbons (Fsp3) is 0.522. The SMILES string of the molecule is c1ccc(-c2ccc(CN3CCCC[C@H]3CCN3CCOCC3)cc2)nc1. The summed E-state index contributed by atoms with van der Waals surface area (Å²) in [4.78, 5) is 9.73. The van der Waals surface area contributed by atoms with Gasteiger partial charge in [-0.1, -0.05) is 36.8 Å². The van der Waals surface area contributed by atoms with Crippen molar-refractivity contribution in [1.29, 1.82) is 0 Å². The van der Waals surface area contributed by atoms with Crippen molar-refractivity contribution in [3.8, 4) is 11.3 Å². The molecule has 1 aromatic carbocycles. The first-order valence-electron chi connectivity index (χ1n) is 10.4. The van der Waals surface area contributed by atoms with Crippen LogP contribution in [0.2, 0.25) is 0 Å². The van der Waals surface area contributed by atoms with E-state index in [2.05, 4.69) is 45.1 Å². The molecule has 4 rings (SSSR count). The second-order valence-electron chi connectivity index (χ2n) is 7.77. The van der Waals surface area contributed by atoms with Crippen molar-refractivity contribution < 1.29 is 4.74 Å². The molecule has 0 unspecified atom stereocenters. The number of likely N-dealkylation sites (tertiary alicyclic amines) is 1. The van der Waals surface area contributed by atoms with Gasteiger partial charge in [0, 0.05) is 37.4 Å². The van der Waals surface area contributed by atoms with Crippen molar-refractivity contribution in [3.05, 3.63) is 54.2 Å². The molecule has 0 bridgehead atoms. The number of benzene rings is 1. The van der Waals surface area contributed by atoms with Crippen LogP contribution < -0.4 is 0 Å². The van der Waals surface area contributed by atoms with Crippen LogP contribution in [0.1, 0.15) is 31.2 Å². The van der Waals surface area contributed by atoms with Crippen LogP contribution in [0.4, 0.5) is 0 Å². The Morgan fingerprint density at radius 3 is 2.59 bits per heavy atom. The summed E-state index contributed by atoms with van der Waals surface area (Å²) in [6.45, 7) is 7.51. The molecule has 1 aromatic heterocycles. The zero-order valence-electron chi connectivity index (χ0n) is 16.2. The predicted molar refractivity (Wildman–Crippen MR) is 110 cm³/mol. The number of hydrogen-bond acceptors (Lipinski definition) is 4. The lowest BCUT2D eigenvalue weighted by molar-refractivity contribution is 0.0302. The summed E-state index contributed by atoms with van der Waals surface area (Å²) in [6.07, 6.45) is 7.20. The smallest absolute Gasteiger partial charge is 0.0701 e. The molecule has 4 heteroatoms. The van der Waals surface area contributed by atoms with Gasteiger partial charge in [0.15, 0.2) is 0 Å². The third-order valence-corrected chi connectivity index (χ3v) is 5.93. The minimum Gasteiger partial charge on any atom is -0.379 e. The third-order valence-electron chi connectivity index (χ3n) is 5.93. The first-order chi connectivity index (χ1) is 13.4. The molecule has 144 valence electrons. The molecule has 0 aliphatic carbocycles. The van der Waals surface area contributed by atoms with Crippen molar-refractivity contribution in [1.82, 2.24) is 14.8 Å². The standard InChI is InChI=1S/C23H31N3O/c1-3-12-24-23(6-1)21-9-7-20(8-10-21)19-26-13-4-2-5-22(26)11-14-25-15-17-27-18-16-25/h1,3,6-10,12,22H,2,4-5,11,13-19H2/t22-/m0/s1. The lowest BCUT2D eigenvalue weighted by Gasteiger charge is -2.37. The van der Waals surface area contributed by atoms with Crippen molar-refractivity contribution in [2.75, 3.05) is 39.4 Å². The highest BCUT2D eigenvalue weighted by Crippen LogP contribution is 2.24. The van der Waals surface area contributed by atoms with Gasteiger partial charge in [-0.15, -0.1) is 0 Å². The maximum atomic E-state index is 5.48. The lowest BCUT2D eigenvalue weighted by Crippen LogP contribution is -2.43. The van der Waals surface area contributed by atoms with E-state index < -0.39 is 0 Å². The number of pyridine rings is 1. The normalized spacial score (nSPS) is 22.0. The monoisotopic (exact) mass is 365 g/mol. The van der Waals surface area contributed by atoms with Crippen molar-refractivity contribution in [2.24, 2.45) is 0 Å². The minimum absolute atomic E-state index is 0.720. The summed E-state index contributed by atoms with van der Waals surface area (Å²) >= 11 is 0. The van der Waals surface area contributed by atoms with Crippen LogP contribution in [0.3, 0.4) is 0 Å². The van der Waals surface area contributed by atoms with Gasteiger partial charge in [-0.3, -0.25) is 14.8 Å². The van der Waals surface area contributed by atoms with E-state index in [0.717, 1.165) is 44.6 Å². The van der Waals surface area contributed by atoms with E-state index in [1.54, 1.807) is 0 Å². The van der Waals surface area contributed by atoms with Gasteiger partial charge in [0.1, 0.15) is 0 Å². The molecule has 0 radical (unpaired) electrons. The van der Waals surface area contributed by atoms with Gasteiger partial charge < -0.3 is 4.74 Å². The minimum atomic E-state index is 0.720. The quantitative estimate of drug-likeness (QED) is 0.778. The fourth-order valence-electron chi connectivity index (χ4n) is 4.30. The number of nitrogens with zero attached hydrogens (tertiary/aromatic N) is 3. The van der Waals surface area contributed by atoms with Crippen molar-refractivity contribution in [2.45, 2.75) is 38.3 Å². The van der Waals surface area contributed by atoms with Gasteiger partial charge >= 0.3 is 0 Å². The van der Waals surface area contributed by atoms with E-state index in [1.807, 2.05) is 18.3 Å². The van der Waals surface area contributed by atoms with Gasteiger partial charge in [0.05, 0.1) is 18.9 Å². The fourth-order valence-corrected chi connectivity index (χ4v) is 4.30. The molecule has 27 heavy (non-hydrogen) atoms. The Kier molecular flexibility index (Phi) is 6.51. The van der Waals surface area contributed by atoms with Crippen LogP contribution in [0.15, 0.2) is 48.7 Å². The summed E-state index contributed by atoms with van der Waals surface area (Å²) in [5, 5.41) is 0. The van der Waals surface area contributed by atoms with Gasteiger partial charge in [0.2, 0.25) is 0 Å².